The molecule has 1 saturated heterocycles. The molecule has 1 amide bonds. The summed E-state index contributed by atoms with van der Waals surface area (Å²) < 4.78 is 0. The van der Waals surface area contributed by atoms with E-state index < -0.39 is 10.8 Å². The molecule has 1 aliphatic heterocycles. The lowest BCUT2D eigenvalue weighted by Crippen LogP contribution is -2.26. The van der Waals surface area contributed by atoms with Crippen molar-refractivity contribution in [2.75, 3.05) is 13.1 Å². The lowest BCUT2D eigenvalue weighted by Gasteiger charge is -2.24. The maximum atomic E-state index is 11.1. The maximum absolute atomic E-state index is 11.1. The minimum absolute atomic E-state index is 0.0128. The highest BCUT2D eigenvalue weighted by Gasteiger charge is 2.26. The fraction of sp³-hybridized carbons (Fsp3) is 0.273. The Bertz CT molecular complexity index is 1140. The van der Waals surface area contributed by atoms with Crippen LogP contribution in [0.4, 0.5) is 5.69 Å². The number of hydrogen-bond donors (Lipinski definition) is 2. The van der Waals surface area contributed by atoms with Crippen molar-refractivity contribution in [3.63, 3.8) is 0 Å². The highest BCUT2D eigenvalue weighted by Crippen LogP contribution is 2.32. The van der Waals surface area contributed by atoms with Crippen molar-refractivity contribution in [2.24, 2.45) is 0 Å². The molecule has 11 heteroatoms. The largest absolute Gasteiger partial charge is 0.296 e. The van der Waals surface area contributed by atoms with Gasteiger partial charge in [0.25, 0.3) is 11.6 Å². The van der Waals surface area contributed by atoms with Gasteiger partial charge in [-0.05, 0) is 53.9 Å². The molecular formula is C22H23N7O4. The van der Waals surface area contributed by atoms with Gasteiger partial charge in [0, 0.05) is 37.2 Å². The molecule has 1 aromatic heterocycles. The van der Waals surface area contributed by atoms with Crippen molar-refractivity contribution >= 4 is 17.7 Å². The van der Waals surface area contributed by atoms with Gasteiger partial charge >= 0.3 is 0 Å². The summed E-state index contributed by atoms with van der Waals surface area (Å²) in [5.41, 5.74) is 4.28. The number of carbonyl (C=O) groups excluding carboxylic acids is 1. The molecule has 3 aromatic rings. The number of non-ortho nitro benzene ring substituents is 1. The van der Waals surface area contributed by atoms with Crippen LogP contribution in [0.3, 0.4) is 0 Å². The maximum Gasteiger partial charge on any atom is 0.269 e. The summed E-state index contributed by atoms with van der Waals surface area (Å²) in [6.07, 6.45) is 5.72. The Hall–Kier alpha value is -3.96. The lowest BCUT2D eigenvalue weighted by atomic mass is 10.0. The fourth-order valence-electron chi connectivity index (χ4n) is 3.91. The molecule has 0 unspecified atom stereocenters. The van der Waals surface area contributed by atoms with E-state index >= 15 is 0 Å². The Morgan fingerprint density at radius 1 is 1.21 bits per heavy atom. The normalized spacial score (nSPS) is 16.3. The summed E-state index contributed by atoms with van der Waals surface area (Å²) in [7, 11) is 0. The number of likely N-dealkylation sites (tertiary alicyclic amines) is 1. The molecular weight excluding hydrogens is 426 g/mol. The minimum Gasteiger partial charge on any atom is -0.296 e. The number of nitrogens with one attached hydrogen (secondary N) is 1. The Balaban J connectivity index is 1.36. The van der Waals surface area contributed by atoms with E-state index in [0.29, 0.717) is 24.0 Å². The molecule has 0 saturated carbocycles. The van der Waals surface area contributed by atoms with E-state index in [1.807, 2.05) is 12.1 Å². The first-order chi connectivity index (χ1) is 16.0. The molecule has 1 aliphatic rings. The SMILES string of the molecule is O=C(/C=C/c1ccc([C@@H]2CCCN2CCc2nnn(-c3ccc([N+](=O)[O-])cc3)n2)cc1)NO. The van der Waals surface area contributed by atoms with Crippen molar-refractivity contribution in [3.05, 3.63) is 81.7 Å². The van der Waals surface area contributed by atoms with Crippen molar-refractivity contribution in [2.45, 2.75) is 25.3 Å². The fourth-order valence-corrected chi connectivity index (χ4v) is 3.91. The van der Waals surface area contributed by atoms with Crippen LogP contribution in [-0.4, -0.2) is 54.2 Å². The number of nitro benzene ring substituents is 1. The molecule has 170 valence electrons. The topological polar surface area (TPSA) is 139 Å². The summed E-state index contributed by atoms with van der Waals surface area (Å²) in [5.74, 6) is 0.0433. The molecule has 0 radical (unpaired) electrons. The third-order valence-electron chi connectivity index (χ3n) is 5.59. The number of tetrazole rings is 1. The third-order valence-corrected chi connectivity index (χ3v) is 5.59. The van der Waals surface area contributed by atoms with Gasteiger partial charge in [-0.15, -0.1) is 15.0 Å². The monoisotopic (exact) mass is 449 g/mol. The predicted octanol–water partition coefficient (Wildman–Crippen LogP) is 2.47. The van der Waals surface area contributed by atoms with Gasteiger partial charge in [0.2, 0.25) is 0 Å². The average Bonchev–Trinajstić information content (AvgIpc) is 3.51. The van der Waals surface area contributed by atoms with Crippen molar-refractivity contribution in [1.29, 1.82) is 0 Å². The number of nitro groups is 1. The van der Waals surface area contributed by atoms with Gasteiger partial charge in [-0.25, -0.2) is 5.48 Å². The van der Waals surface area contributed by atoms with Crippen LogP contribution in [-0.2, 0) is 11.2 Å². The van der Waals surface area contributed by atoms with Gasteiger partial charge in [-0.1, -0.05) is 24.3 Å². The number of rotatable bonds is 8. The molecule has 0 spiro atoms. The van der Waals surface area contributed by atoms with Crippen LogP contribution in [0.1, 0.15) is 35.8 Å². The molecule has 0 aliphatic carbocycles. The first kappa shape index (κ1) is 22.2. The zero-order chi connectivity index (χ0) is 23.2. The number of carbonyl (C=O) groups is 1. The number of aromatic nitrogens is 4. The Morgan fingerprint density at radius 2 is 1.97 bits per heavy atom. The molecule has 1 fully saturated rings. The molecule has 33 heavy (non-hydrogen) atoms. The smallest absolute Gasteiger partial charge is 0.269 e. The highest BCUT2D eigenvalue weighted by atomic mass is 16.6. The first-order valence-corrected chi connectivity index (χ1v) is 10.5. The van der Waals surface area contributed by atoms with Crippen LogP contribution in [0.25, 0.3) is 11.8 Å². The average molecular weight is 449 g/mol. The van der Waals surface area contributed by atoms with Gasteiger partial charge in [0.05, 0.1) is 10.6 Å². The number of hydroxylamine groups is 1. The van der Waals surface area contributed by atoms with E-state index in [1.54, 1.807) is 23.7 Å². The highest BCUT2D eigenvalue weighted by molar-refractivity contribution is 5.90. The third kappa shape index (κ3) is 5.45. The molecule has 0 bridgehead atoms. The van der Waals surface area contributed by atoms with Gasteiger partial charge in [0.15, 0.2) is 5.82 Å². The lowest BCUT2D eigenvalue weighted by molar-refractivity contribution is -0.384. The zero-order valence-corrected chi connectivity index (χ0v) is 17.7. The summed E-state index contributed by atoms with van der Waals surface area (Å²) in [5, 5.41) is 32.0. The number of amides is 1. The predicted molar refractivity (Wildman–Crippen MR) is 118 cm³/mol. The second-order valence-corrected chi connectivity index (χ2v) is 7.69. The summed E-state index contributed by atoms with van der Waals surface area (Å²) in [4.78, 5) is 25.2. The number of benzene rings is 2. The van der Waals surface area contributed by atoms with E-state index in [1.165, 1.54) is 28.6 Å². The molecule has 4 rings (SSSR count). The Morgan fingerprint density at radius 3 is 2.67 bits per heavy atom. The van der Waals surface area contributed by atoms with E-state index in [2.05, 4.69) is 32.4 Å². The van der Waals surface area contributed by atoms with Crippen LogP contribution in [0.2, 0.25) is 0 Å². The van der Waals surface area contributed by atoms with Crippen LogP contribution < -0.4 is 5.48 Å². The number of nitrogens with zero attached hydrogens (tertiary/aromatic N) is 6. The minimum atomic E-state index is -0.569. The van der Waals surface area contributed by atoms with Crippen molar-refractivity contribution in [3.8, 4) is 5.69 Å². The van der Waals surface area contributed by atoms with Gasteiger partial charge in [-0.2, -0.15) is 0 Å². The van der Waals surface area contributed by atoms with E-state index in [0.717, 1.165) is 31.5 Å². The molecule has 2 aromatic carbocycles. The molecule has 11 nitrogen and oxygen atoms in total. The summed E-state index contributed by atoms with van der Waals surface area (Å²) in [6.45, 7) is 1.77. The summed E-state index contributed by atoms with van der Waals surface area (Å²) >= 11 is 0. The quantitative estimate of drug-likeness (QED) is 0.231. The van der Waals surface area contributed by atoms with Gasteiger partial charge < -0.3 is 0 Å². The van der Waals surface area contributed by atoms with Crippen LogP contribution >= 0.6 is 0 Å². The van der Waals surface area contributed by atoms with E-state index in [4.69, 9.17) is 5.21 Å². The van der Waals surface area contributed by atoms with Crippen LogP contribution in [0.5, 0.6) is 0 Å². The van der Waals surface area contributed by atoms with E-state index in [9.17, 15) is 14.9 Å². The summed E-state index contributed by atoms with van der Waals surface area (Å²) in [6, 6.07) is 14.3. The Kier molecular flexibility index (Phi) is 6.81. The van der Waals surface area contributed by atoms with E-state index in [-0.39, 0.29) is 5.69 Å². The van der Waals surface area contributed by atoms with Crippen molar-refractivity contribution < 1.29 is 14.9 Å². The van der Waals surface area contributed by atoms with Crippen LogP contribution in [0, 0.1) is 10.1 Å². The second-order valence-electron chi connectivity index (χ2n) is 7.69. The molecule has 1 atom stereocenters. The zero-order valence-electron chi connectivity index (χ0n) is 17.7. The Labute approximate surface area is 189 Å². The molecule has 2 heterocycles. The first-order valence-electron chi connectivity index (χ1n) is 10.5. The molecule has 2 N–H and O–H groups in total. The number of hydrogen-bond acceptors (Lipinski definition) is 8. The standard InChI is InChI=1S/C22H23N7O4/c30-22(25-31)12-5-16-3-6-17(7-4-16)20-2-1-14-27(20)15-13-21-23-26-28(24-21)18-8-10-19(11-9-18)29(32)33/h3-12,20,31H,1-2,13-15H2,(H,25,30)/b12-5+/t20-/m0/s1. The van der Waals surface area contributed by atoms with Crippen molar-refractivity contribution in [1.82, 2.24) is 30.6 Å². The van der Waals surface area contributed by atoms with Gasteiger partial charge in [-0.3, -0.25) is 25.0 Å². The van der Waals surface area contributed by atoms with Gasteiger partial charge in [0.1, 0.15) is 0 Å². The second kappa shape index (κ2) is 10.1. The van der Waals surface area contributed by atoms with Crippen LogP contribution in [0.15, 0.2) is 54.6 Å².